The minimum Gasteiger partial charge on any atom is -0.382 e. The first kappa shape index (κ1) is 17.0. The summed E-state index contributed by atoms with van der Waals surface area (Å²) in [5.74, 6) is -0.165. The second-order valence-corrected chi connectivity index (χ2v) is 6.37. The molecule has 0 unspecified atom stereocenters. The smallest absolute Gasteiger partial charge is 0.280 e. The first-order chi connectivity index (χ1) is 11.9. The van der Waals surface area contributed by atoms with Crippen LogP contribution in [0.1, 0.15) is 27.2 Å². The first-order valence-corrected chi connectivity index (χ1v) is 8.13. The topological polar surface area (TPSA) is 85.8 Å². The lowest BCUT2D eigenvalue weighted by Crippen LogP contribution is -2.15. The van der Waals surface area contributed by atoms with E-state index in [2.05, 4.69) is 15.6 Å². The maximum atomic E-state index is 12.4. The number of aryl methyl sites for hydroxylation is 2. The number of nitrogen functional groups attached to an aromatic ring is 1. The van der Waals surface area contributed by atoms with Crippen LogP contribution in [-0.4, -0.2) is 20.9 Å². The molecule has 3 N–H and O–H groups in total. The fourth-order valence-corrected chi connectivity index (χ4v) is 2.72. The van der Waals surface area contributed by atoms with Crippen LogP contribution in [0.15, 0.2) is 42.5 Å². The third-order valence-electron chi connectivity index (χ3n) is 3.71. The van der Waals surface area contributed by atoms with Gasteiger partial charge in [0.15, 0.2) is 11.5 Å². The van der Waals surface area contributed by atoms with Gasteiger partial charge >= 0.3 is 0 Å². The van der Waals surface area contributed by atoms with Gasteiger partial charge in [-0.2, -0.15) is 0 Å². The molecule has 0 saturated heterocycles. The van der Waals surface area contributed by atoms with Crippen LogP contribution in [0.5, 0.6) is 0 Å². The van der Waals surface area contributed by atoms with Crippen molar-refractivity contribution in [3.8, 4) is 0 Å². The van der Waals surface area contributed by atoms with Crippen LogP contribution in [0.2, 0.25) is 5.02 Å². The summed E-state index contributed by atoms with van der Waals surface area (Å²) in [6.07, 6.45) is 0. The summed E-state index contributed by atoms with van der Waals surface area (Å²) in [6, 6.07) is 13.1. The second kappa shape index (κ2) is 6.94. The highest BCUT2D eigenvalue weighted by atomic mass is 35.5. The average Bonchev–Trinajstić information content (AvgIpc) is 2.89. The number of hydrogen-bond donors (Lipinski definition) is 2. The van der Waals surface area contributed by atoms with Crippen molar-refractivity contribution >= 4 is 29.0 Å². The Hall–Kier alpha value is -2.86. The molecule has 7 heteroatoms. The molecule has 0 spiro atoms. The Labute approximate surface area is 150 Å². The number of nitrogens with two attached hydrogens (primary N) is 1. The van der Waals surface area contributed by atoms with Crippen molar-refractivity contribution in [2.75, 3.05) is 11.1 Å². The second-order valence-electron chi connectivity index (χ2n) is 5.94. The maximum absolute atomic E-state index is 12.4. The number of nitrogens with zero attached hydrogens (tertiary/aromatic N) is 3. The van der Waals surface area contributed by atoms with Crippen molar-refractivity contribution in [1.29, 1.82) is 0 Å². The number of anilines is 2. The number of rotatable bonds is 4. The lowest BCUT2D eigenvalue weighted by Gasteiger charge is -2.07. The average molecular weight is 356 g/mol. The molecule has 128 valence electrons. The molecule has 3 aromatic rings. The van der Waals surface area contributed by atoms with E-state index in [-0.39, 0.29) is 17.4 Å². The van der Waals surface area contributed by atoms with E-state index in [1.165, 1.54) is 4.68 Å². The molecule has 0 bridgehead atoms. The lowest BCUT2D eigenvalue weighted by molar-refractivity contribution is 0.102. The summed E-state index contributed by atoms with van der Waals surface area (Å²) >= 11 is 5.88. The van der Waals surface area contributed by atoms with Gasteiger partial charge in [-0.1, -0.05) is 35.0 Å². The van der Waals surface area contributed by atoms with Crippen LogP contribution in [0, 0.1) is 13.8 Å². The summed E-state index contributed by atoms with van der Waals surface area (Å²) in [5.41, 5.74) is 9.94. The predicted octanol–water partition coefficient (Wildman–Crippen LogP) is 3.43. The Bertz CT molecular complexity index is 897. The molecule has 0 aliphatic rings. The molecule has 25 heavy (non-hydrogen) atoms. The van der Waals surface area contributed by atoms with Crippen LogP contribution < -0.4 is 11.1 Å². The third kappa shape index (κ3) is 3.97. The summed E-state index contributed by atoms with van der Waals surface area (Å²) in [7, 11) is 0. The third-order valence-corrected chi connectivity index (χ3v) is 3.97. The fourth-order valence-electron chi connectivity index (χ4n) is 2.60. The molecule has 0 aliphatic heterocycles. The summed E-state index contributed by atoms with van der Waals surface area (Å²) in [6.45, 7) is 4.35. The van der Waals surface area contributed by atoms with E-state index < -0.39 is 0 Å². The van der Waals surface area contributed by atoms with Crippen LogP contribution >= 0.6 is 11.6 Å². The normalized spacial score (nSPS) is 10.7. The number of aromatic nitrogens is 3. The number of carbonyl (C=O) groups is 1. The summed E-state index contributed by atoms with van der Waals surface area (Å²) in [5, 5.41) is 11.4. The summed E-state index contributed by atoms with van der Waals surface area (Å²) in [4.78, 5) is 12.4. The highest BCUT2D eigenvalue weighted by Crippen LogP contribution is 2.17. The van der Waals surface area contributed by atoms with Crippen molar-refractivity contribution in [1.82, 2.24) is 15.0 Å². The van der Waals surface area contributed by atoms with Crippen molar-refractivity contribution < 1.29 is 4.79 Å². The Kier molecular flexibility index (Phi) is 4.72. The van der Waals surface area contributed by atoms with Crippen LogP contribution in [0.4, 0.5) is 11.5 Å². The largest absolute Gasteiger partial charge is 0.382 e. The number of carbonyl (C=O) groups excluding carboxylic acids is 1. The molecule has 0 atom stereocenters. The van der Waals surface area contributed by atoms with Gasteiger partial charge in [-0.05, 0) is 54.8 Å². The first-order valence-electron chi connectivity index (χ1n) is 7.75. The minimum absolute atomic E-state index is 0.105. The Morgan fingerprint density at radius 1 is 1.16 bits per heavy atom. The molecular formula is C18H18ClN5O. The maximum Gasteiger partial charge on any atom is 0.280 e. The SMILES string of the molecule is Cc1cc(C)cc(NC(=O)c2nnn(Cc3ccc(Cl)cc3)c2N)c1. The highest BCUT2D eigenvalue weighted by Gasteiger charge is 2.18. The van der Waals surface area contributed by atoms with Crippen molar-refractivity contribution in [3.05, 3.63) is 69.9 Å². The van der Waals surface area contributed by atoms with Crippen LogP contribution in [-0.2, 0) is 6.54 Å². The van der Waals surface area contributed by atoms with Gasteiger partial charge in [-0.3, -0.25) is 4.79 Å². The molecule has 6 nitrogen and oxygen atoms in total. The lowest BCUT2D eigenvalue weighted by atomic mass is 10.1. The van der Waals surface area contributed by atoms with Gasteiger partial charge in [-0.15, -0.1) is 5.10 Å². The molecule has 1 amide bonds. The molecule has 0 fully saturated rings. The van der Waals surface area contributed by atoms with Crippen molar-refractivity contribution in [2.24, 2.45) is 0 Å². The monoisotopic (exact) mass is 355 g/mol. The van der Waals surface area contributed by atoms with E-state index in [1.54, 1.807) is 12.1 Å². The van der Waals surface area contributed by atoms with Gasteiger partial charge in [0.25, 0.3) is 5.91 Å². The Balaban J connectivity index is 1.77. The van der Waals surface area contributed by atoms with E-state index in [4.69, 9.17) is 17.3 Å². The highest BCUT2D eigenvalue weighted by molar-refractivity contribution is 6.30. The van der Waals surface area contributed by atoms with E-state index in [0.717, 1.165) is 16.7 Å². The van der Waals surface area contributed by atoms with Gasteiger partial charge in [0, 0.05) is 10.7 Å². The van der Waals surface area contributed by atoms with Crippen molar-refractivity contribution in [2.45, 2.75) is 20.4 Å². The summed E-state index contributed by atoms with van der Waals surface area (Å²) < 4.78 is 1.49. The fraction of sp³-hybridized carbons (Fsp3) is 0.167. The molecule has 0 saturated carbocycles. The van der Waals surface area contributed by atoms with Gasteiger partial charge in [-0.25, -0.2) is 4.68 Å². The zero-order valence-corrected chi connectivity index (χ0v) is 14.7. The Morgan fingerprint density at radius 2 is 1.80 bits per heavy atom. The minimum atomic E-state index is -0.384. The molecule has 2 aromatic carbocycles. The molecule has 0 aliphatic carbocycles. The van der Waals surface area contributed by atoms with E-state index in [0.29, 0.717) is 17.3 Å². The zero-order chi connectivity index (χ0) is 18.0. The molecular weight excluding hydrogens is 338 g/mol. The van der Waals surface area contributed by atoms with Crippen LogP contribution in [0.25, 0.3) is 0 Å². The molecule has 3 rings (SSSR count). The van der Waals surface area contributed by atoms with Gasteiger partial charge < -0.3 is 11.1 Å². The molecule has 1 aromatic heterocycles. The van der Waals surface area contributed by atoms with Gasteiger partial charge in [0.05, 0.1) is 6.54 Å². The van der Waals surface area contributed by atoms with Gasteiger partial charge in [0.1, 0.15) is 0 Å². The van der Waals surface area contributed by atoms with Gasteiger partial charge in [0.2, 0.25) is 0 Å². The number of hydrogen-bond acceptors (Lipinski definition) is 4. The van der Waals surface area contributed by atoms with E-state index in [1.807, 2.05) is 44.2 Å². The molecule has 0 radical (unpaired) electrons. The Morgan fingerprint density at radius 3 is 2.44 bits per heavy atom. The number of amides is 1. The van der Waals surface area contributed by atoms with E-state index >= 15 is 0 Å². The molecule has 1 heterocycles. The van der Waals surface area contributed by atoms with Crippen molar-refractivity contribution in [3.63, 3.8) is 0 Å². The standard InChI is InChI=1S/C18H18ClN5O/c1-11-7-12(2)9-15(8-11)21-18(25)16-17(20)24(23-22-16)10-13-3-5-14(19)6-4-13/h3-9H,10,20H2,1-2H3,(H,21,25). The zero-order valence-electron chi connectivity index (χ0n) is 14.0. The number of halogens is 1. The number of nitrogens with one attached hydrogen (secondary N) is 1. The quantitative estimate of drug-likeness (QED) is 0.750. The number of benzene rings is 2. The predicted molar refractivity (Wildman–Crippen MR) is 98.9 cm³/mol. The van der Waals surface area contributed by atoms with E-state index in [9.17, 15) is 4.79 Å². The van der Waals surface area contributed by atoms with Crippen LogP contribution in [0.3, 0.4) is 0 Å².